The van der Waals surface area contributed by atoms with Gasteiger partial charge in [-0.25, -0.2) is 4.68 Å². The van der Waals surface area contributed by atoms with Gasteiger partial charge in [0.2, 0.25) is 0 Å². The molecular formula is C14H16N4S. The van der Waals surface area contributed by atoms with E-state index in [1.807, 2.05) is 22.2 Å². The van der Waals surface area contributed by atoms with Gasteiger partial charge in [-0.1, -0.05) is 23.4 Å². The molecule has 0 spiro atoms. The lowest BCUT2D eigenvalue weighted by atomic mass is 10.2. The van der Waals surface area contributed by atoms with Crippen LogP contribution in [0.15, 0.2) is 36.5 Å². The lowest BCUT2D eigenvalue weighted by Crippen LogP contribution is -2.15. The molecule has 5 heteroatoms. The van der Waals surface area contributed by atoms with E-state index in [1.165, 1.54) is 15.0 Å². The largest absolute Gasteiger partial charge is 0.306 e. The molecular weight excluding hydrogens is 256 g/mol. The SMILES string of the molecule is CCn1nncc1CNCc1cc2ccccc2s1. The van der Waals surface area contributed by atoms with Crippen molar-refractivity contribution >= 4 is 21.4 Å². The Morgan fingerprint density at radius 1 is 1.26 bits per heavy atom. The third-order valence-corrected chi connectivity index (χ3v) is 4.20. The van der Waals surface area contributed by atoms with E-state index in [4.69, 9.17) is 0 Å². The molecule has 0 saturated carbocycles. The van der Waals surface area contributed by atoms with Crippen LogP contribution in [0.3, 0.4) is 0 Å². The fourth-order valence-corrected chi connectivity index (χ4v) is 3.15. The zero-order valence-electron chi connectivity index (χ0n) is 10.8. The van der Waals surface area contributed by atoms with Crippen molar-refractivity contribution in [3.63, 3.8) is 0 Å². The summed E-state index contributed by atoms with van der Waals surface area (Å²) in [5.74, 6) is 0. The molecule has 0 saturated heterocycles. The second kappa shape index (κ2) is 5.50. The van der Waals surface area contributed by atoms with Gasteiger partial charge in [0.05, 0.1) is 11.9 Å². The van der Waals surface area contributed by atoms with E-state index < -0.39 is 0 Å². The Morgan fingerprint density at radius 3 is 3.00 bits per heavy atom. The van der Waals surface area contributed by atoms with Gasteiger partial charge in [-0.3, -0.25) is 0 Å². The van der Waals surface area contributed by atoms with Crippen molar-refractivity contribution < 1.29 is 0 Å². The third kappa shape index (κ3) is 2.67. The van der Waals surface area contributed by atoms with E-state index in [-0.39, 0.29) is 0 Å². The fourth-order valence-electron chi connectivity index (χ4n) is 2.12. The van der Waals surface area contributed by atoms with E-state index in [2.05, 4.69) is 52.9 Å². The summed E-state index contributed by atoms with van der Waals surface area (Å²) in [5.41, 5.74) is 1.13. The summed E-state index contributed by atoms with van der Waals surface area (Å²) < 4.78 is 3.26. The Hall–Kier alpha value is -1.72. The Labute approximate surface area is 116 Å². The van der Waals surface area contributed by atoms with Gasteiger partial charge in [-0.05, 0) is 24.4 Å². The second-order valence-corrected chi connectivity index (χ2v) is 5.56. The standard InChI is InChI=1S/C14H16N4S/c1-2-18-12(9-16-17-18)8-15-10-13-7-11-5-3-4-6-14(11)19-13/h3-7,9,15H,2,8,10H2,1H3. The number of rotatable bonds is 5. The van der Waals surface area contributed by atoms with Gasteiger partial charge < -0.3 is 5.32 Å². The highest BCUT2D eigenvalue weighted by atomic mass is 32.1. The molecule has 0 bridgehead atoms. The highest BCUT2D eigenvalue weighted by Crippen LogP contribution is 2.24. The number of thiophene rings is 1. The molecule has 19 heavy (non-hydrogen) atoms. The quantitative estimate of drug-likeness (QED) is 0.776. The molecule has 0 amide bonds. The van der Waals surface area contributed by atoms with Crippen LogP contribution >= 0.6 is 11.3 Å². The molecule has 0 aliphatic heterocycles. The van der Waals surface area contributed by atoms with Crippen molar-refractivity contribution in [2.45, 2.75) is 26.6 Å². The minimum absolute atomic E-state index is 0.801. The predicted molar refractivity (Wildman–Crippen MR) is 78.1 cm³/mol. The van der Waals surface area contributed by atoms with Crippen LogP contribution in [0.2, 0.25) is 0 Å². The van der Waals surface area contributed by atoms with Gasteiger partial charge >= 0.3 is 0 Å². The van der Waals surface area contributed by atoms with Crippen LogP contribution < -0.4 is 5.32 Å². The van der Waals surface area contributed by atoms with Crippen molar-refractivity contribution in [3.05, 3.63) is 47.1 Å². The number of fused-ring (bicyclic) bond motifs is 1. The molecule has 2 aromatic heterocycles. The van der Waals surface area contributed by atoms with Crippen molar-refractivity contribution in [1.29, 1.82) is 0 Å². The zero-order valence-corrected chi connectivity index (χ0v) is 11.7. The smallest absolute Gasteiger partial charge is 0.0738 e. The Kier molecular flexibility index (Phi) is 3.57. The summed E-state index contributed by atoms with van der Waals surface area (Å²) in [7, 11) is 0. The van der Waals surface area contributed by atoms with Crippen LogP contribution in [-0.4, -0.2) is 15.0 Å². The number of nitrogens with zero attached hydrogens (tertiary/aromatic N) is 3. The monoisotopic (exact) mass is 272 g/mol. The molecule has 98 valence electrons. The molecule has 0 unspecified atom stereocenters. The first kappa shape index (κ1) is 12.3. The van der Waals surface area contributed by atoms with Gasteiger partial charge in [0, 0.05) is 29.2 Å². The first-order valence-electron chi connectivity index (χ1n) is 6.42. The maximum atomic E-state index is 4.02. The first-order chi connectivity index (χ1) is 9.36. The van der Waals surface area contributed by atoms with Crippen LogP contribution in [-0.2, 0) is 19.6 Å². The average molecular weight is 272 g/mol. The molecule has 0 atom stereocenters. The fraction of sp³-hybridized carbons (Fsp3) is 0.286. The molecule has 0 fully saturated rings. The Bertz CT molecular complexity index is 638. The molecule has 3 rings (SSSR count). The van der Waals surface area contributed by atoms with Crippen LogP contribution in [0.5, 0.6) is 0 Å². The number of hydrogen-bond acceptors (Lipinski definition) is 4. The lowest BCUT2D eigenvalue weighted by molar-refractivity contribution is 0.569. The molecule has 2 heterocycles. The van der Waals surface area contributed by atoms with Crippen molar-refractivity contribution in [2.24, 2.45) is 0 Å². The second-order valence-electron chi connectivity index (χ2n) is 4.40. The van der Waals surface area contributed by atoms with Gasteiger partial charge in [0.1, 0.15) is 0 Å². The Morgan fingerprint density at radius 2 is 2.16 bits per heavy atom. The molecule has 1 N–H and O–H groups in total. The summed E-state index contributed by atoms with van der Waals surface area (Å²) in [6, 6.07) is 10.7. The molecule has 1 aromatic carbocycles. The summed E-state index contributed by atoms with van der Waals surface area (Å²) in [6.45, 7) is 4.62. The minimum Gasteiger partial charge on any atom is -0.306 e. The molecule has 4 nitrogen and oxygen atoms in total. The first-order valence-corrected chi connectivity index (χ1v) is 7.24. The van der Waals surface area contributed by atoms with Crippen molar-refractivity contribution in [1.82, 2.24) is 20.3 Å². The van der Waals surface area contributed by atoms with Gasteiger partial charge in [-0.2, -0.15) is 0 Å². The van der Waals surface area contributed by atoms with E-state index in [0.717, 1.165) is 25.3 Å². The Balaban J connectivity index is 1.63. The minimum atomic E-state index is 0.801. The van der Waals surface area contributed by atoms with E-state index in [1.54, 1.807) is 0 Å². The normalized spacial score (nSPS) is 11.2. The highest BCUT2D eigenvalue weighted by molar-refractivity contribution is 7.19. The van der Waals surface area contributed by atoms with Crippen LogP contribution in [0, 0.1) is 0 Å². The average Bonchev–Trinajstić information content (AvgIpc) is 3.04. The topological polar surface area (TPSA) is 42.7 Å². The van der Waals surface area contributed by atoms with Crippen LogP contribution in [0.25, 0.3) is 10.1 Å². The molecule has 0 aliphatic carbocycles. The zero-order chi connectivity index (χ0) is 13.1. The summed E-state index contributed by atoms with van der Waals surface area (Å²) in [6.07, 6.45) is 1.82. The maximum absolute atomic E-state index is 4.02. The van der Waals surface area contributed by atoms with Crippen molar-refractivity contribution in [2.75, 3.05) is 0 Å². The summed E-state index contributed by atoms with van der Waals surface area (Å²) >= 11 is 1.84. The van der Waals surface area contributed by atoms with E-state index in [0.29, 0.717) is 0 Å². The van der Waals surface area contributed by atoms with Crippen LogP contribution in [0.4, 0.5) is 0 Å². The van der Waals surface area contributed by atoms with Crippen molar-refractivity contribution in [3.8, 4) is 0 Å². The van der Waals surface area contributed by atoms with E-state index >= 15 is 0 Å². The highest BCUT2D eigenvalue weighted by Gasteiger charge is 2.03. The predicted octanol–water partition coefficient (Wildman–Crippen LogP) is 2.80. The van der Waals surface area contributed by atoms with Gasteiger partial charge in [0.25, 0.3) is 0 Å². The van der Waals surface area contributed by atoms with Crippen LogP contribution in [0.1, 0.15) is 17.5 Å². The number of aryl methyl sites for hydroxylation is 1. The number of hydrogen-bond donors (Lipinski definition) is 1. The van der Waals surface area contributed by atoms with Gasteiger partial charge in [0.15, 0.2) is 0 Å². The molecule has 0 radical (unpaired) electrons. The molecule has 0 aliphatic rings. The van der Waals surface area contributed by atoms with Gasteiger partial charge in [-0.15, -0.1) is 16.4 Å². The maximum Gasteiger partial charge on any atom is 0.0738 e. The number of aromatic nitrogens is 3. The van der Waals surface area contributed by atoms with E-state index in [9.17, 15) is 0 Å². The number of benzene rings is 1. The third-order valence-electron chi connectivity index (χ3n) is 3.08. The molecule has 3 aromatic rings. The lowest BCUT2D eigenvalue weighted by Gasteiger charge is -2.04. The summed E-state index contributed by atoms with van der Waals surface area (Å²) in [5, 5.41) is 12.7. The number of nitrogens with one attached hydrogen (secondary N) is 1. The summed E-state index contributed by atoms with van der Waals surface area (Å²) in [4.78, 5) is 1.36.